The maximum atomic E-state index is 12.5. The molecule has 166 valence electrons. The highest BCUT2D eigenvalue weighted by atomic mass is 16.5. The maximum absolute atomic E-state index is 12.5. The standard InChI is InChI=1S/C21H28N6O4/c1-4-5-10-31-20-25-18(22)17-19(26-20)27(21(29)24-17)12-13-6-8-14(9-7-13)15(23-2)11-16(28)30-3/h6-9,15,23H,4-5,10-12H2,1-3H3,(H,24,29)(H2,22,25,26). The average molecular weight is 428 g/mol. The van der Waals surface area contributed by atoms with Gasteiger partial charge in [0.05, 0.1) is 26.7 Å². The van der Waals surface area contributed by atoms with Crippen LogP contribution < -0.4 is 21.5 Å². The summed E-state index contributed by atoms with van der Waals surface area (Å²) in [5, 5.41) is 3.11. The number of imidazole rings is 1. The summed E-state index contributed by atoms with van der Waals surface area (Å²) in [5.74, 6) is -0.120. The van der Waals surface area contributed by atoms with Gasteiger partial charge in [0.1, 0.15) is 5.52 Å². The van der Waals surface area contributed by atoms with Gasteiger partial charge in [-0.05, 0) is 24.6 Å². The molecule has 2 aromatic heterocycles. The highest BCUT2D eigenvalue weighted by Crippen LogP contribution is 2.21. The molecule has 0 aliphatic heterocycles. The molecule has 0 amide bonds. The summed E-state index contributed by atoms with van der Waals surface area (Å²) in [7, 11) is 3.16. The quantitative estimate of drug-likeness (QED) is 0.328. The molecule has 4 N–H and O–H groups in total. The number of H-pyrrole nitrogens is 1. The van der Waals surface area contributed by atoms with Crippen molar-refractivity contribution in [1.82, 2.24) is 24.8 Å². The molecule has 1 aromatic carbocycles. The summed E-state index contributed by atoms with van der Waals surface area (Å²) in [6.07, 6.45) is 2.08. The molecule has 0 saturated heterocycles. The van der Waals surface area contributed by atoms with E-state index in [1.165, 1.54) is 11.7 Å². The van der Waals surface area contributed by atoms with E-state index in [0.29, 0.717) is 24.3 Å². The van der Waals surface area contributed by atoms with Crippen molar-refractivity contribution in [2.75, 3.05) is 26.5 Å². The second kappa shape index (κ2) is 10.1. The van der Waals surface area contributed by atoms with Gasteiger partial charge in [-0.15, -0.1) is 0 Å². The second-order valence-electron chi connectivity index (χ2n) is 7.17. The van der Waals surface area contributed by atoms with Gasteiger partial charge in [0.25, 0.3) is 0 Å². The third-order valence-corrected chi connectivity index (χ3v) is 5.03. The van der Waals surface area contributed by atoms with Crippen LogP contribution in [0.3, 0.4) is 0 Å². The Morgan fingerprint density at radius 2 is 2.03 bits per heavy atom. The lowest BCUT2D eigenvalue weighted by Crippen LogP contribution is -2.21. The Hall–Kier alpha value is -3.40. The molecule has 10 heteroatoms. The van der Waals surface area contributed by atoms with E-state index in [4.69, 9.17) is 15.2 Å². The van der Waals surface area contributed by atoms with Crippen molar-refractivity contribution in [2.45, 2.75) is 38.8 Å². The number of hydrogen-bond donors (Lipinski definition) is 3. The van der Waals surface area contributed by atoms with Crippen LogP contribution in [0.4, 0.5) is 5.82 Å². The zero-order valence-electron chi connectivity index (χ0n) is 18.0. The minimum atomic E-state index is -0.329. The Labute approximate surface area is 179 Å². The first-order valence-electron chi connectivity index (χ1n) is 10.2. The predicted molar refractivity (Wildman–Crippen MR) is 117 cm³/mol. The van der Waals surface area contributed by atoms with Crippen molar-refractivity contribution in [3.8, 4) is 6.01 Å². The molecule has 1 unspecified atom stereocenters. The number of ether oxygens (including phenoxy) is 2. The number of rotatable bonds is 10. The van der Waals surface area contributed by atoms with Crippen molar-refractivity contribution in [3.63, 3.8) is 0 Å². The topological polar surface area (TPSA) is 137 Å². The number of fused-ring (bicyclic) bond motifs is 1. The molecule has 31 heavy (non-hydrogen) atoms. The van der Waals surface area contributed by atoms with E-state index in [9.17, 15) is 9.59 Å². The highest BCUT2D eigenvalue weighted by molar-refractivity contribution is 5.82. The number of benzene rings is 1. The number of unbranched alkanes of at least 4 members (excludes halogenated alkanes) is 1. The summed E-state index contributed by atoms with van der Waals surface area (Å²) in [6, 6.07) is 7.65. The van der Waals surface area contributed by atoms with E-state index in [0.717, 1.165) is 24.0 Å². The van der Waals surface area contributed by atoms with E-state index in [-0.39, 0.29) is 36.0 Å². The largest absolute Gasteiger partial charge is 0.469 e. The highest BCUT2D eigenvalue weighted by Gasteiger charge is 2.17. The predicted octanol–water partition coefficient (Wildman–Crippen LogP) is 1.75. The smallest absolute Gasteiger partial charge is 0.328 e. The minimum Gasteiger partial charge on any atom is -0.469 e. The molecule has 0 spiro atoms. The Kier molecular flexibility index (Phi) is 7.24. The first-order valence-corrected chi connectivity index (χ1v) is 10.2. The molecule has 2 heterocycles. The van der Waals surface area contributed by atoms with Gasteiger partial charge >= 0.3 is 17.7 Å². The number of nitrogens with two attached hydrogens (primary N) is 1. The lowest BCUT2D eigenvalue weighted by atomic mass is 10.0. The Bertz CT molecular complexity index is 1090. The van der Waals surface area contributed by atoms with E-state index in [1.807, 2.05) is 24.3 Å². The Morgan fingerprint density at radius 1 is 1.29 bits per heavy atom. The molecule has 0 radical (unpaired) electrons. The van der Waals surface area contributed by atoms with Crippen molar-refractivity contribution >= 4 is 23.0 Å². The molecule has 3 rings (SSSR count). The zero-order chi connectivity index (χ0) is 22.4. The van der Waals surface area contributed by atoms with Crippen molar-refractivity contribution in [2.24, 2.45) is 0 Å². The van der Waals surface area contributed by atoms with Gasteiger partial charge in [-0.3, -0.25) is 9.36 Å². The molecule has 0 saturated carbocycles. The number of carbonyl (C=O) groups is 1. The molecule has 0 fully saturated rings. The third kappa shape index (κ3) is 5.21. The van der Waals surface area contributed by atoms with Crippen LogP contribution in [0.25, 0.3) is 11.2 Å². The van der Waals surface area contributed by atoms with Gasteiger partial charge < -0.3 is 25.5 Å². The van der Waals surface area contributed by atoms with Crippen LogP contribution in [0.1, 0.15) is 43.4 Å². The normalized spacial score (nSPS) is 12.1. The number of nitrogen functional groups attached to an aromatic ring is 1. The Morgan fingerprint density at radius 3 is 2.68 bits per heavy atom. The molecule has 3 aromatic rings. The van der Waals surface area contributed by atoms with Crippen molar-refractivity contribution in [3.05, 3.63) is 45.9 Å². The van der Waals surface area contributed by atoms with Crippen LogP contribution >= 0.6 is 0 Å². The maximum Gasteiger partial charge on any atom is 0.328 e. The zero-order valence-corrected chi connectivity index (χ0v) is 18.0. The van der Waals surface area contributed by atoms with E-state index < -0.39 is 0 Å². The van der Waals surface area contributed by atoms with Crippen molar-refractivity contribution < 1.29 is 14.3 Å². The van der Waals surface area contributed by atoms with Gasteiger partial charge in [-0.2, -0.15) is 9.97 Å². The van der Waals surface area contributed by atoms with E-state index >= 15 is 0 Å². The van der Waals surface area contributed by atoms with Crippen LogP contribution in [0.5, 0.6) is 6.01 Å². The molecule has 0 bridgehead atoms. The lowest BCUT2D eigenvalue weighted by molar-refractivity contribution is -0.141. The van der Waals surface area contributed by atoms with Gasteiger partial charge in [-0.1, -0.05) is 37.6 Å². The molecular formula is C21H28N6O4. The number of hydrogen-bond acceptors (Lipinski definition) is 8. The summed E-state index contributed by atoms with van der Waals surface area (Å²) in [6.45, 7) is 2.84. The molecule has 0 aliphatic carbocycles. The minimum absolute atomic E-state index is 0.154. The number of aromatic nitrogens is 4. The van der Waals surface area contributed by atoms with Crippen LogP contribution in [-0.2, 0) is 16.1 Å². The number of methoxy groups -OCH3 is 1. The third-order valence-electron chi connectivity index (χ3n) is 5.03. The number of aromatic amines is 1. The van der Waals surface area contributed by atoms with Crippen LogP contribution in [0.15, 0.2) is 29.1 Å². The molecule has 1 atom stereocenters. The average Bonchev–Trinajstić information content (AvgIpc) is 3.08. The fourth-order valence-corrected chi connectivity index (χ4v) is 3.22. The van der Waals surface area contributed by atoms with Gasteiger partial charge in [-0.25, -0.2) is 4.79 Å². The van der Waals surface area contributed by atoms with E-state index in [1.54, 1.807) is 7.05 Å². The van der Waals surface area contributed by atoms with Crippen molar-refractivity contribution in [1.29, 1.82) is 0 Å². The monoisotopic (exact) mass is 428 g/mol. The Balaban J connectivity index is 1.84. The SMILES string of the molecule is CCCCOc1nc(N)c2[nH]c(=O)n(Cc3ccc(C(CC(=O)OC)NC)cc3)c2n1. The first-order chi connectivity index (χ1) is 15.0. The van der Waals surface area contributed by atoms with Gasteiger partial charge in [0.15, 0.2) is 11.5 Å². The second-order valence-corrected chi connectivity index (χ2v) is 7.17. The summed E-state index contributed by atoms with van der Waals surface area (Å²) < 4.78 is 11.8. The van der Waals surface area contributed by atoms with E-state index in [2.05, 4.69) is 27.2 Å². The van der Waals surface area contributed by atoms with Crippen LogP contribution in [0.2, 0.25) is 0 Å². The van der Waals surface area contributed by atoms with Gasteiger partial charge in [0, 0.05) is 6.04 Å². The lowest BCUT2D eigenvalue weighted by Gasteiger charge is -2.15. The van der Waals surface area contributed by atoms with Gasteiger partial charge in [0.2, 0.25) is 0 Å². The fourth-order valence-electron chi connectivity index (χ4n) is 3.22. The van der Waals surface area contributed by atoms with Crippen LogP contribution in [-0.4, -0.2) is 46.3 Å². The summed E-state index contributed by atoms with van der Waals surface area (Å²) in [4.78, 5) is 35.3. The molecular weight excluding hydrogens is 400 g/mol. The number of esters is 1. The van der Waals surface area contributed by atoms with Crippen LogP contribution in [0, 0.1) is 0 Å². The number of nitrogens with zero attached hydrogens (tertiary/aromatic N) is 3. The molecule has 10 nitrogen and oxygen atoms in total. The fraction of sp³-hybridized carbons (Fsp3) is 0.429. The number of anilines is 1. The summed E-state index contributed by atoms with van der Waals surface area (Å²) >= 11 is 0. The first kappa shape index (κ1) is 22.3. The summed E-state index contributed by atoms with van der Waals surface area (Å²) in [5.41, 5.74) is 8.29. The number of nitrogens with one attached hydrogen (secondary N) is 2. The molecule has 0 aliphatic rings. The number of carbonyl (C=O) groups excluding carboxylic acids is 1.